The Bertz CT molecular complexity index is 818. The van der Waals surface area contributed by atoms with Crippen molar-refractivity contribution in [2.75, 3.05) is 25.1 Å². The molecule has 1 amide bonds. The largest absolute Gasteiger partial charge is 0.489 e. The van der Waals surface area contributed by atoms with Gasteiger partial charge in [-0.25, -0.2) is 4.79 Å². The van der Waals surface area contributed by atoms with Crippen LogP contribution in [0.25, 0.3) is 0 Å². The number of anilines is 1. The van der Waals surface area contributed by atoms with Gasteiger partial charge >= 0.3 is 5.97 Å². The molecule has 1 heterocycles. The molecule has 0 aliphatic carbocycles. The number of aryl methyl sites for hydroxylation is 2. The lowest BCUT2D eigenvalue weighted by Crippen LogP contribution is -2.17. The number of hydrogen-bond donors (Lipinski definition) is 2. The Balaban J connectivity index is 2.26. The summed E-state index contributed by atoms with van der Waals surface area (Å²) in [6.45, 7) is 6.71. The number of halogens is 1. The Hall–Kier alpha value is -1.90. The number of nitrogens with one attached hydrogen (secondary N) is 1. The fourth-order valence-electron chi connectivity index (χ4n) is 2.48. The van der Waals surface area contributed by atoms with Crippen molar-refractivity contribution >= 4 is 44.8 Å². The molecule has 0 unspecified atom stereocenters. The maximum atomic E-state index is 12.8. The molecule has 1 aromatic carbocycles. The summed E-state index contributed by atoms with van der Waals surface area (Å²) < 4.78 is 11.7. The molecular weight excluding hydrogens is 422 g/mol. The summed E-state index contributed by atoms with van der Waals surface area (Å²) in [6.07, 6.45) is 0. The van der Waals surface area contributed by atoms with Crippen molar-refractivity contribution in [1.82, 2.24) is 0 Å². The molecule has 0 saturated heterocycles. The van der Waals surface area contributed by atoms with Crippen molar-refractivity contribution in [3.63, 3.8) is 0 Å². The topological polar surface area (TPSA) is 84.9 Å². The molecule has 0 aliphatic heterocycles. The zero-order valence-electron chi connectivity index (χ0n) is 14.7. The van der Waals surface area contributed by atoms with Gasteiger partial charge in [-0.1, -0.05) is 15.9 Å². The summed E-state index contributed by atoms with van der Waals surface area (Å²) in [6, 6.07) is 5.24. The molecule has 2 N–H and O–H groups in total. The maximum Gasteiger partial charge on any atom is 0.337 e. The summed E-state index contributed by atoms with van der Waals surface area (Å²) in [5.74, 6) is -1.10. The van der Waals surface area contributed by atoms with Crippen molar-refractivity contribution in [3.05, 3.63) is 43.6 Å². The van der Waals surface area contributed by atoms with Gasteiger partial charge in [0.1, 0.15) is 12.4 Å². The molecule has 26 heavy (non-hydrogen) atoms. The van der Waals surface area contributed by atoms with E-state index in [4.69, 9.17) is 9.47 Å². The van der Waals surface area contributed by atoms with Gasteiger partial charge in [-0.05, 0) is 39.0 Å². The Kier molecular flexibility index (Phi) is 7.19. The monoisotopic (exact) mass is 441 g/mol. The van der Waals surface area contributed by atoms with E-state index >= 15 is 0 Å². The first-order valence-corrected chi connectivity index (χ1v) is 9.60. The molecule has 0 saturated carbocycles. The number of carbonyl (C=O) groups is 2. The number of carbonyl (C=O) groups excluding carboxylic acids is 1. The van der Waals surface area contributed by atoms with Crippen LogP contribution < -0.4 is 10.1 Å². The third kappa shape index (κ3) is 4.84. The average Bonchev–Trinajstić information content (AvgIpc) is 2.87. The van der Waals surface area contributed by atoms with Gasteiger partial charge in [0, 0.05) is 20.8 Å². The number of aromatic carboxylic acids is 1. The highest BCUT2D eigenvalue weighted by Crippen LogP contribution is 2.32. The normalized spacial score (nSPS) is 10.6. The molecule has 0 radical (unpaired) electrons. The van der Waals surface area contributed by atoms with Crippen LogP contribution in [0.2, 0.25) is 0 Å². The van der Waals surface area contributed by atoms with E-state index in [1.54, 1.807) is 32.0 Å². The Morgan fingerprint density at radius 1 is 1.19 bits per heavy atom. The van der Waals surface area contributed by atoms with E-state index in [1.165, 1.54) is 11.3 Å². The minimum absolute atomic E-state index is 0.0406. The molecule has 0 fully saturated rings. The zero-order valence-corrected chi connectivity index (χ0v) is 17.1. The lowest BCUT2D eigenvalue weighted by molar-refractivity contribution is 0.0692. The van der Waals surface area contributed by atoms with Crippen molar-refractivity contribution in [1.29, 1.82) is 0 Å². The molecule has 2 aromatic rings. The first kappa shape index (κ1) is 20.4. The van der Waals surface area contributed by atoms with E-state index in [0.29, 0.717) is 41.0 Å². The SMILES string of the molecule is CCOCCOc1ccc(Br)cc1NC(=O)c1c(C)sc(C)c1C(=O)O. The van der Waals surface area contributed by atoms with Crippen molar-refractivity contribution < 1.29 is 24.2 Å². The summed E-state index contributed by atoms with van der Waals surface area (Å²) in [7, 11) is 0. The summed E-state index contributed by atoms with van der Waals surface area (Å²) in [5, 5.41) is 12.2. The lowest BCUT2D eigenvalue weighted by atomic mass is 10.1. The van der Waals surface area contributed by atoms with E-state index in [9.17, 15) is 14.7 Å². The standard InChI is InChI=1S/C18H20BrNO5S/c1-4-24-7-8-25-14-6-5-12(19)9-13(14)20-17(21)15-10(2)26-11(3)16(15)18(22)23/h5-6,9H,4,7-8H2,1-3H3,(H,20,21)(H,22,23). The van der Waals surface area contributed by atoms with Gasteiger partial charge in [-0.3, -0.25) is 4.79 Å². The first-order chi connectivity index (χ1) is 12.3. The van der Waals surface area contributed by atoms with Crippen LogP contribution in [-0.4, -0.2) is 36.8 Å². The molecular formula is C18H20BrNO5S. The molecule has 0 atom stereocenters. The highest BCUT2D eigenvalue weighted by atomic mass is 79.9. The minimum Gasteiger partial charge on any atom is -0.489 e. The van der Waals surface area contributed by atoms with E-state index in [-0.39, 0.29) is 11.1 Å². The number of rotatable bonds is 8. The Labute approximate surface area is 164 Å². The van der Waals surface area contributed by atoms with Gasteiger partial charge in [-0.15, -0.1) is 11.3 Å². The van der Waals surface area contributed by atoms with Gasteiger partial charge in [0.05, 0.1) is 23.4 Å². The van der Waals surface area contributed by atoms with Crippen LogP contribution in [0.5, 0.6) is 5.75 Å². The number of carboxylic acids is 1. The maximum absolute atomic E-state index is 12.8. The first-order valence-electron chi connectivity index (χ1n) is 7.99. The van der Waals surface area contributed by atoms with Crippen LogP contribution in [0.1, 0.15) is 37.4 Å². The van der Waals surface area contributed by atoms with Gasteiger partial charge in [-0.2, -0.15) is 0 Å². The van der Waals surface area contributed by atoms with E-state index in [0.717, 1.165) is 4.47 Å². The summed E-state index contributed by atoms with van der Waals surface area (Å²) in [4.78, 5) is 25.5. The van der Waals surface area contributed by atoms with Gasteiger partial charge in [0.2, 0.25) is 0 Å². The third-order valence-electron chi connectivity index (χ3n) is 3.58. The fourth-order valence-corrected chi connectivity index (χ4v) is 3.89. The fraction of sp³-hybridized carbons (Fsp3) is 0.333. The quantitative estimate of drug-likeness (QED) is 0.589. The number of amides is 1. The van der Waals surface area contributed by atoms with Crippen molar-refractivity contribution in [2.45, 2.75) is 20.8 Å². The van der Waals surface area contributed by atoms with Gasteiger partial charge < -0.3 is 19.9 Å². The number of benzene rings is 1. The molecule has 6 nitrogen and oxygen atoms in total. The van der Waals surface area contributed by atoms with E-state index in [2.05, 4.69) is 21.2 Å². The lowest BCUT2D eigenvalue weighted by Gasteiger charge is -2.13. The zero-order chi connectivity index (χ0) is 19.3. The molecule has 1 aromatic heterocycles. The molecule has 8 heteroatoms. The Morgan fingerprint density at radius 3 is 2.54 bits per heavy atom. The number of carboxylic acid groups (broad SMARTS) is 1. The summed E-state index contributed by atoms with van der Waals surface area (Å²) in [5.41, 5.74) is 0.680. The molecule has 0 spiro atoms. The van der Waals surface area contributed by atoms with Crippen LogP contribution in [-0.2, 0) is 4.74 Å². The van der Waals surface area contributed by atoms with Gasteiger partial charge in [0.15, 0.2) is 0 Å². The van der Waals surface area contributed by atoms with Crippen LogP contribution in [0, 0.1) is 13.8 Å². The smallest absolute Gasteiger partial charge is 0.337 e. The molecule has 0 bridgehead atoms. The van der Waals surface area contributed by atoms with Crippen LogP contribution >= 0.6 is 27.3 Å². The average molecular weight is 442 g/mol. The van der Waals surface area contributed by atoms with Crippen LogP contribution in [0.4, 0.5) is 5.69 Å². The van der Waals surface area contributed by atoms with E-state index in [1.807, 2.05) is 6.92 Å². The third-order valence-corrected chi connectivity index (χ3v) is 5.09. The highest BCUT2D eigenvalue weighted by molar-refractivity contribution is 9.10. The summed E-state index contributed by atoms with van der Waals surface area (Å²) >= 11 is 4.66. The number of thiophene rings is 1. The predicted molar refractivity (Wildman–Crippen MR) is 105 cm³/mol. The molecule has 2 rings (SSSR count). The molecule has 140 valence electrons. The molecule has 0 aliphatic rings. The second kappa shape index (κ2) is 9.16. The van der Waals surface area contributed by atoms with Crippen molar-refractivity contribution in [2.24, 2.45) is 0 Å². The van der Waals surface area contributed by atoms with Crippen LogP contribution in [0.3, 0.4) is 0 Å². The predicted octanol–water partition coefficient (Wildman–Crippen LogP) is 4.49. The number of hydrogen-bond acceptors (Lipinski definition) is 5. The number of ether oxygens (including phenoxy) is 2. The van der Waals surface area contributed by atoms with Gasteiger partial charge in [0.25, 0.3) is 5.91 Å². The highest BCUT2D eigenvalue weighted by Gasteiger charge is 2.25. The Morgan fingerprint density at radius 2 is 1.88 bits per heavy atom. The van der Waals surface area contributed by atoms with E-state index < -0.39 is 11.9 Å². The van der Waals surface area contributed by atoms with Crippen LogP contribution in [0.15, 0.2) is 22.7 Å². The second-order valence-corrected chi connectivity index (χ2v) is 7.75. The minimum atomic E-state index is -1.11. The second-order valence-electron chi connectivity index (χ2n) is 5.41. The van der Waals surface area contributed by atoms with Crippen molar-refractivity contribution in [3.8, 4) is 5.75 Å².